The van der Waals surface area contributed by atoms with Gasteiger partial charge in [0.15, 0.2) is 0 Å². The fourth-order valence-electron chi connectivity index (χ4n) is 2.34. The number of hydrogen-bond acceptors (Lipinski definition) is 3. The Morgan fingerprint density at radius 1 is 1.21 bits per heavy atom. The second-order valence-corrected chi connectivity index (χ2v) is 5.99. The van der Waals surface area contributed by atoms with E-state index in [4.69, 9.17) is 5.73 Å². The van der Waals surface area contributed by atoms with E-state index in [0.29, 0.717) is 30.8 Å². The molecule has 0 spiro atoms. The maximum Gasteiger partial charge on any atom is 0.254 e. The molecule has 5 nitrogen and oxygen atoms in total. The lowest BCUT2D eigenvalue weighted by molar-refractivity contribution is -0.120. The zero-order valence-electron chi connectivity index (χ0n) is 14.5. The van der Waals surface area contributed by atoms with Gasteiger partial charge in [-0.25, -0.2) is 0 Å². The normalized spacial score (nSPS) is 12.8. The quantitative estimate of drug-likeness (QED) is 0.684. The van der Waals surface area contributed by atoms with Crippen LogP contribution in [-0.4, -0.2) is 35.3 Å². The smallest absolute Gasteiger partial charge is 0.254 e. The minimum atomic E-state index is -0.909. The van der Waals surface area contributed by atoms with E-state index in [0.717, 1.165) is 6.42 Å². The van der Waals surface area contributed by atoms with Crippen LogP contribution in [0.15, 0.2) is 49.6 Å². The van der Waals surface area contributed by atoms with Crippen molar-refractivity contribution in [1.29, 1.82) is 0 Å². The van der Waals surface area contributed by atoms with Crippen LogP contribution in [0.5, 0.6) is 0 Å². The number of nitrogens with zero attached hydrogens (tertiary/aromatic N) is 1. The van der Waals surface area contributed by atoms with Crippen LogP contribution in [0.2, 0.25) is 0 Å². The lowest BCUT2D eigenvalue weighted by atomic mass is 9.96. The summed E-state index contributed by atoms with van der Waals surface area (Å²) in [7, 11) is 0. The van der Waals surface area contributed by atoms with Crippen molar-refractivity contribution in [3.8, 4) is 0 Å². The molecule has 0 aliphatic heterocycles. The third-order valence-electron chi connectivity index (χ3n) is 3.66. The zero-order valence-corrected chi connectivity index (χ0v) is 14.5. The van der Waals surface area contributed by atoms with Gasteiger partial charge in [-0.05, 0) is 37.6 Å². The Bertz CT molecular complexity index is 581. The maximum atomic E-state index is 12.4. The van der Waals surface area contributed by atoms with E-state index in [1.54, 1.807) is 48.2 Å². The first-order valence-corrected chi connectivity index (χ1v) is 8.07. The Hall–Kier alpha value is -2.40. The second kappa shape index (κ2) is 9.03. The third-order valence-corrected chi connectivity index (χ3v) is 3.66. The SMILES string of the molecule is C=CCN(CC=C)C(=O)c1ccc(NC(=O)C(C)(N)CCC)cc1. The summed E-state index contributed by atoms with van der Waals surface area (Å²) in [4.78, 5) is 26.2. The van der Waals surface area contributed by atoms with E-state index < -0.39 is 5.54 Å². The van der Waals surface area contributed by atoms with Gasteiger partial charge in [-0.15, -0.1) is 13.2 Å². The van der Waals surface area contributed by atoms with Crippen molar-refractivity contribution in [3.05, 3.63) is 55.1 Å². The largest absolute Gasteiger partial charge is 0.331 e. The van der Waals surface area contributed by atoms with Gasteiger partial charge >= 0.3 is 0 Å². The molecule has 0 saturated carbocycles. The Balaban J connectivity index is 2.81. The summed E-state index contributed by atoms with van der Waals surface area (Å²) in [5.74, 6) is -0.342. The molecule has 1 aromatic carbocycles. The van der Waals surface area contributed by atoms with Gasteiger partial charge in [0.2, 0.25) is 5.91 Å². The van der Waals surface area contributed by atoms with Crippen molar-refractivity contribution in [2.45, 2.75) is 32.2 Å². The van der Waals surface area contributed by atoms with E-state index in [2.05, 4.69) is 18.5 Å². The summed E-state index contributed by atoms with van der Waals surface area (Å²) < 4.78 is 0. The monoisotopic (exact) mass is 329 g/mol. The Morgan fingerprint density at radius 2 is 1.75 bits per heavy atom. The molecule has 0 aliphatic rings. The molecule has 5 heteroatoms. The number of nitrogens with one attached hydrogen (secondary N) is 1. The molecule has 2 amide bonds. The van der Waals surface area contributed by atoms with Gasteiger partial charge in [0.25, 0.3) is 5.91 Å². The molecule has 1 rings (SSSR count). The molecule has 0 bridgehead atoms. The first kappa shape index (κ1) is 19.6. The van der Waals surface area contributed by atoms with Gasteiger partial charge in [-0.3, -0.25) is 9.59 Å². The molecule has 0 aliphatic carbocycles. The minimum absolute atomic E-state index is 0.109. The van der Waals surface area contributed by atoms with Crippen LogP contribution >= 0.6 is 0 Å². The van der Waals surface area contributed by atoms with Gasteiger partial charge in [-0.1, -0.05) is 25.5 Å². The van der Waals surface area contributed by atoms with Crippen LogP contribution in [0.1, 0.15) is 37.0 Å². The highest BCUT2D eigenvalue weighted by atomic mass is 16.2. The van der Waals surface area contributed by atoms with Crippen molar-refractivity contribution < 1.29 is 9.59 Å². The standard InChI is InChI=1S/C19H27N3O2/c1-5-12-19(4,20)18(24)21-16-10-8-15(9-11-16)17(23)22(13-6-2)14-7-3/h6-11H,2-3,5,12-14,20H2,1,4H3,(H,21,24). The van der Waals surface area contributed by atoms with Crippen LogP contribution in [0.3, 0.4) is 0 Å². The van der Waals surface area contributed by atoms with Gasteiger partial charge in [-0.2, -0.15) is 0 Å². The van der Waals surface area contributed by atoms with Crippen LogP contribution < -0.4 is 11.1 Å². The molecule has 3 N–H and O–H groups in total. The number of anilines is 1. The molecule has 24 heavy (non-hydrogen) atoms. The molecule has 1 atom stereocenters. The summed E-state index contributed by atoms with van der Waals surface area (Å²) >= 11 is 0. The van der Waals surface area contributed by atoms with Crippen molar-refractivity contribution in [2.75, 3.05) is 18.4 Å². The molecule has 1 aromatic rings. The molecule has 0 heterocycles. The van der Waals surface area contributed by atoms with E-state index in [1.165, 1.54) is 0 Å². The average Bonchev–Trinajstić information content (AvgIpc) is 2.54. The predicted molar refractivity (Wildman–Crippen MR) is 98.9 cm³/mol. The highest BCUT2D eigenvalue weighted by molar-refractivity contribution is 5.99. The second-order valence-electron chi connectivity index (χ2n) is 5.99. The van der Waals surface area contributed by atoms with Gasteiger partial charge in [0.1, 0.15) is 0 Å². The number of carbonyl (C=O) groups excluding carboxylic acids is 2. The van der Waals surface area contributed by atoms with Crippen molar-refractivity contribution >= 4 is 17.5 Å². The molecule has 0 saturated heterocycles. The van der Waals surface area contributed by atoms with Crippen LogP contribution in [0, 0.1) is 0 Å². The fourth-order valence-corrected chi connectivity index (χ4v) is 2.34. The molecular weight excluding hydrogens is 302 g/mol. The summed E-state index contributed by atoms with van der Waals surface area (Å²) in [6.07, 6.45) is 4.78. The Labute approximate surface area is 144 Å². The van der Waals surface area contributed by atoms with Gasteiger partial charge < -0.3 is 16.0 Å². The highest BCUT2D eigenvalue weighted by Crippen LogP contribution is 2.15. The molecule has 1 unspecified atom stereocenters. The van der Waals surface area contributed by atoms with Crippen LogP contribution in [0.25, 0.3) is 0 Å². The first-order valence-electron chi connectivity index (χ1n) is 8.07. The van der Waals surface area contributed by atoms with E-state index in [1.807, 2.05) is 6.92 Å². The number of amides is 2. The van der Waals surface area contributed by atoms with Crippen LogP contribution in [-0.2, 0) is 4.79 Å². The Kier molecular flexibility index (Phi) is 7.39. The van der Waals surface area contributed by atoms with Crippen molar-refractivity contribution in [1.82, 2.24) is 4.90 Å². The van der Waals surface area contributed by atoms with E-state index in [-0.39, 0.29) is 11.8 Å². The van der Waals surface area contributed by atoms with E-state index >= 15 is 0 Å². The van der Waals surface area contributed by atoms with Crippen molar-refractivity contribution in [3.63, 3.8) is 0 Å². The minimum Gasteiger partial charge on any atom is -0.331 e. The van der Waals surface area contributed by atoms with E-state index in [9.17, 15) is 9.59 Å². The lowest BCUT2D eigenvalue weighted by Crippen LogP contribution is -2.48. The first-order chi connectivity index (χ1) is 11.4. The maximum absolute atomic E-state index is 12.4. The lowest BCUT2D eigenvalue weighted by Gasteiger charge is -2.23. The van der Waals surface area contributed by atoms with Crippen LogP contribution in [0.4, 0.5) is 5.69 Å². The Morgan fingerprint density at radius 3 is 2.21 bits per heavy atom. The van der Waals surface area contributed by atoms with Gasteiger partial charge in [0, 0.05) is 24.3 Å². The van der Waals surface area contributed by atoms with Gasteiger partial charge in [0.05, 0.1) is 5.54 Å². The highest BCUT2D eigenvalue weighted by Gasteiger charge is 2.27. The molecule has 0 aromatic heterocycles. The van der Waals surface area contributed by atoms with Crippen molar-refractivity contribution in [2.24, 2.45) is 5.73 Å². The number of carbonyl (C=O) groups is 2. The molecular formula is C19H27N3O2. The predicted octanol–water partition coefficient (Wildman–Crippen LogP) is 2.96. The average molecular weight is 329 g/mol. The summed E-state index contributed by atoms with van der Waals surface area (Å²) in [6.45, 7) is 11.9. The summed E-state index contributed by atoms with van der Waals surface area (Å²) in [5.41, 5.74) is 6.26. The molecule has 130 valence electrons. The number of benzene rings is 1. The fraction of sp³-hybridized carbons (Fsp3) is 0.368. The zero-order chi connectivity index (χ0) is 18.2. The molecule has 0 fully saturated rings. The topological polar surface area (TPSA) is 75.4 Å². The number of rotatable bonds is 9. The number of hydrogen-bond donors (Lipinski definition) is 2. The summed E-state index contributed by atoms with van der Waals surface area (Å²) in [5, 5.41) is 2.79. The number of nitrogens with two attached hydrogens (primary N) is 1. The summed E-state index contributed by atoms with van der Waals surface area (Å²) in [6, 6.07) is 6.77. The third kappa shape index (κ3) is 5.35. The molecule has 0 radical (unpaired) electrons.